The van der Waals surface area contributed by atoms with Gasteiger partial charge >= 0.3 is 0 Å². The molecule has 1 heterocycles. The molecule has 1 aromatic carbocycles. The predicted octanol–water partition coefficient (Wildman–Crippen LogP) is 2.48. The van der Waals surface area contributed by atoms with E-state index < -0.39 is 11.7 Å². The van der Waals surface area contributed by atoms with Crippen molar-refractivity contribution in [3.05, 3.63) is 54.0 Å². The molecular formula is C13H11FN2O2. The maximum atomic E-state index is 13.4. The Labute approximate surface area is 103 Å². The van der Waals surface area contributed by atoms with Crippen LogP contribution in [0.2, 0.25) is 0 Å². The van der Waals surface area contributed by atoms with E-state index in [9.17, 15) is 9.18 Å². The monoisotopic (exact) mass is 246 g/mol. The third-order valence-corrected chi connectivity index (χ3v) is 2.32. The summed E-state index contributed by atoms with van der Waals surface area (Å²) in [6.07, 6.45) is 1.56. The van der Waals surface area contributed by atoms with E-state index >= 15 is 0 Å². The first kappa shape index (κ1) is 12.0. The van der Waals surface area contributed by atoms with Crippen LogP contribution in [0.5, 0.6) is 5.75 Å². The highest BCUT2D eigenvalue weighted by Crippen LogP contribution is 2.18. The van der Waals surface area contributed by atoms with Crippen LogP contribution in [0.1, 0.15) is 10.4 Å². The van der Waals surface area contributed by atoms with E-state index in [1.807, 2.05) is 0 Å². The van der Waals surface area contributed by atoms with Gasteiger partial charge < -0.3 is 10.1 Å². The molecule has 1 aromatic heterocycles. The van der Waals surface area contributed by atoms with Gasteiger partial charge in [0.05, 0.1) is 7.11 Å². The molecule has 0 fully saturated rings. The van der Waals surface area contributed by atoms with Gasteiger partial charge in [-0.05, 0) is 30.3 Å². The molecule has 0 unspecified atom stereocenters. The zero-order chi connectivity index (χ0) is 13.0. The van der Waals surface area contributed by atoms with Crippen molar-refractivity contribution in [3.63, 3.8) is 0 Å². The van der Waals surface area contributed by atoms with Gasteiger partial charge in [0.25, 0.3) is 5.91 Å². The molecule has 0 bridgehead atoms. The molecule has 1 amide bonds. The van der Waals surface area contributed by atoms with E-state index in [0.717, 1.165) is 6.07 Å². The van der Waals surface area contributed by atoms with Crippen LogP contribution >= 0.6 is 0 Å². The Morgan fingerprint density at radius 1 is 1.33 bits per heavy atom. The van der Waals surface area contributed by atoms with Gasteiger partial charge in [-0.25, -0.2) is 9.37 Å². The zero-order valence-corrected chi connectivity index (χ0v) is 9.68. The molecule has 2 rings (SSSR count). The summed E-state index contributed by atoms with van der Waals surface area (Å²) in [5.74, 6) is -0.482. The van der Waals surface area contributed by atoms with Gasteiger partial charge in [-0.2, -0.15) is 0 Å². The molecule has 0 saturated carbocycles. The molecule has 0 atom stereocenters. The number of rotatable bonds is 3. The fraction of sp³-hybridized carbons (Fsp3) is 0.0769. The molecule has 92 valence electrons. The summed E-state index contributed by atoms with van der Waals surface area (Å²) in [7, 11) is 1.37. The first-order valence-electron chi connectivity index (χ1n) is 5.26. The number of hydrogen-bond acceptors (Lipinski definition) is 3. The van der Waals surface area contributed by atoms with Gasteiger partial charge in [0, 0.05) is 11.8 Å². The average molecular weight is 246 g/mol. The Balaban J connectivity index is 2.17. The number of anilines is 1. The van der Waals surface area contributed by atoms with Crippen molar-refractivity contribution in [2.75, 3.05) is 12.4 Å². The summed E-state index contributed by atoms with van der Waals surface area (Å²) in [6.45, 7) is 0. The van der Waals surface area contributed by atoms with Crippen LogP contribution in [-0.4, -0.2) is 18.0 Å². The number of hydrogen-bond donors (Lipinski definition) is 1. The van der Waals surface area contributed by atoms with E-state index in [2.05, 4.69) is 10.3 Å². The second kappa shape index (κ2) is 5.27. The summed E-state index contributed by atoms with van der Waals surface area (Å²) in [6, 6.07) is 9.15. The lowest BCUT2D eigenvalue weighted by Gasteiger charge is -2.06. The SMILES string of the molecule is COc1ccc(C(=O)Nc2ccccn2)cc1F. The van der Waals surface area contributed by atoms with Crippen LogP contribution < -0.4 is 10.1 Å². The number of halogens is 1. The minimum atomic E-state index is -0.578. The second-order valence-corrected chi connectivity index (χ2v) is 3.52. The summed E-state index contributed by atoms with van der Waals surface area (Å²) < 4.78 is 18.2. The number of carbonyl (C=O) groups excluding carboxylic acids is 1. The Kier molecular flexibility index (Phi) is 3.52. The standard InChI is InChI=1S/C13H11FN2O2/c1-18-11-6-5-9(8-10(11)14)13(17)16-12-4-2-3-7-15-12/h2-8H,1H3,(H,15,16,17). The number of benzene rings is 1. The summed E-state index contributed by atoms with van der Waals surface area (Å²) in [4.78, 5) is 15.8. The van der Waals surface area contributed by atoms with Gasteiger partial charge in [0.15, 0.2) is 11.6 Å². The van der Waals surface area contributed by atoms with Gasteiger partial charge in [0.1, 0.15) is 5.82 Å². The number of methoxy groups -OCH3 is 1. The number of carbonyl (C=O) groups is 1. The van der Waals surface area contributed by atoms with Crippen LogP contribution in [-0.2, 0) is 0 Å². The highest BCUT2D eigenvalue weighted by atomic mass is 19.1. The summed E-state index contributed by atoms with van der Waals surface area (Å²) in [5, 5.41) is 2.57. The molecule has 2 aromatic rings. The zero-order valence-electron chi connectivity index (χ0n) is 9.68. The third-order valence-electron chi connectivity index (χ3n) is 2.32. The predicted molar refractivity (Wildman–Crippen MR) is 65.1 cm³/mol. The van der Waals surface area contributed by atoms with Crippen LogP contribution in [0.4, 0.5) is 10.2 Å². The van der Waals surface area contributed by atoms with Crippen molar-refractivity contribution in [1.29, 1.82) is 0 Å². The quantitative estimate of drug-likeness (QED) is 0.905. The highest BCUT2D eigenvalue weighted by molar-refractivity contribution is 6.03. The Morgan fingerprint density at radius 3 is 2.78 bits per heavy atom. The minimum Gasteiger partial charge on any atom is -0.494 e. The molecule has 0 aliphatic heterocycles. The van der Waals surface area contributed by atoms with E-state index in [1.54, 1.807) is 24.4 Å². The Bertz CT molecular complexity index is 558. The third kappa shape index (κ3) is 2.63. The van der Waals surface area contributed by atoms with Gasteiger partial charge in [-0.15, -0.1) is 0 Å². The van der Waals surface area contributed by atoms with Crippen LogP contribution in [0.15, 0.2) is 42.6 Å². The van der Waals surface area contributed by atoms with Crippen LogP contribution in [0.25, 0.3) is 0 Å². The van der Waals surface area contributed by atoms with E-state index in [1.165, 1.54) is 19.2 Å². The number of aromatic nitrogens is 1. The molecule has 4 nitrogen and oxygen atoms in total. The largest absolute Gasteiger partial charge is 0.494 e. The second-order valence-electron chi connectivity index (χ2n) is 3.52. The van der Waals surface area contributed by atoms with Gasteiger partial charge in [-0.1, -0.05) is 6.07 Å². The van der Waals surface area contributed by atoms with Crippen molar-refractivity contribution in [3.8, 4) is 5.75 Å². The fourth-order valence-electron chi connectivity index (χ4n) is 1.43. The number of ether oxygens (including phenoxy) is 1. The molecule has 5 heteroatoms. The molecule has 0 saturated heterocycles. The number of nitrogens with one attached hydrogen (secondary N) is 1. The maximum absolute atomic E-state index is 13.4. The smallest absolute Gasteiger partial charge is 0.256 e. The first-order chi connectivity index (χ1) is 8.70. The highest BCUT2D eigenvalue weighted by Gasteiger charge is 2.10. The molecule has 0 radical (unpaired) electrons. The lowest BCUT2D eigenvalue weighted by molar-refractivity contribution is 0.102. The lowest BCUT2D eigenvalue weighted by atomic mass is 10.2. The molecule has 18 heavy (non-hydrogen) atoms. The minimum absolute atomic E-state index is 0.101. The van der Waals surface area contributed by atoms with E-state index in [0.29, 0.717) is 5.82 Å². The van der Waals surface area contributed by atoms with Crippen molar-refractivity contribution in [1.82, 2.24) is 4.98 Å². The molecule has 1 N–H and O–H groups in total. The number of nitrogens with zero attached hydrogens (tertiary/aromatic N) is 1. The van der Waals surface area contributed by atoms with E-state index in [4.69, 9.17) is 4.74 Å². The number of pyridine rings is 1. The van der Waals surface area contributed by atoms with Crippen LogP contribution in [0.3, 0.4) is 0 Å². The Morgan fingerprint density at radius 2 is 2.17 bits per heavy atom. The normalized spacial score (nSPS) is 9.89. The van der Waals surface area contributed by atoms with Crippen LogP contribution in [0, 0.1) is 5.82 Å². The summed E-state index contributed by atoms with van der Waals surface area (Å²) in [5.41, 5.74) is 0.207. The molecule has 0 spiro atoms. The molecule has 0 aliphatic rings. The molecule has 0 aliphatic carbocycles. The van der Waals surface area contributed by atoms with Crippen molar-refractivity contribution >= 4 is 11.7 Å². The molecular weight excluding hydrogens is 235 g/mol. The lowest BCUT2D eigenvalue weighted by Crippen LogP contribution is -2.13. The van der Waals surface area contributed by atoms with Gasteiger partial charge in [-0.3, -0.25) is 4.79 Å². The van der Waals surface area contributed by atoms with E-state index in [-0.39, 0.29) is 11.3 Å². The number of amides is 1. The topological polar surface area (TPSA) is 51.2 Å². The van der Waals surface area contributed by atoms with Crippen molar-refractivity contribution < 1.29 is 13.9 Å². The Hall–Kier alpha value is -2.43. The maximum Gasteiger partial charge on any atom is 0.256 e. The van der Waals surface area contributed by atoms with Gasteiger partial charge in [0.2, 0.25) is 0 Å². The van der Waals surface area contributed by atoms with Crippen molar-refractivity contribution in [2.24, 2.45) is 0 Å². The summed E-state index contributed by atoms with van der Waals surface area (Å²) >= 11 is 0. The first-order valence-corrected chi connectivity index (χ1v) is 5.26. The van der Waals surface area contributed by atoms with Crippen molar-refractivity contribution in [2.45, 2.75) is 0 Å². The fourth-order valence-corrected chi connectivity index (χ4v) is 1.43. The average Bonchev–Trinajstić information content (AvgIpc) is 2.39.